The first-order chi connectivity index (χ1) is 9.83. The van der Waals surface area contributed by atoms with E-state index in [0.29, 0.717) is 5.75 Å². The molecule has 0 bridgehead atoms. The molecule has 1 aromatic rings. The molecule has 2 aliphatic rings. The van der Waals surface area contributed by atoms with Crippen LogP contribution in [0, 0.1) is 11.8 Å². The quantitative estimate of drug-likeness (QED) is 0.860. The molecule has 2 fully saturated rings. The molecule has 2 atom stereocenters. The minimum atomic E-state index is 0.278. The maximum atomic E-state index is 12.3. The zero-order chi connectivity index (χ0) is 13.8. The standard InChI is InChI=1S/C15H21N3OS/c19-15(11-20-14-1-5-16-6-2-14)18-7-3-12-9-17-10-13(12)4-8-18/h1-2,5-6,12-13,17H,3-4,7-11H2/t12-,13+. The summed E-state index contributed by atoms with van der Waals surface area (Å²) in [6.45, 7) is 4.13. The highest BCUT2D eigenvalue weighted by molar-refractivity contribution is 8.00. The molecule has 4 nitrogen and oxygen atoms in total. The molecule has 5 heteroatoms. The van der Waals surface area contributed by atoms with Crippen LogP contribution in [0.15, 0.2) is 29.4 Å². The van der Waals surface area contributed by atoms with E-state index in [1.165, 1.54) is 0 Å². The van der Waals surface area contributed by atoms with E-state index in [2.05, 4.69) is 15.2 Å². The van der Waals surface area contributed by atoms with Crippen molar-refractivity contribution in [1.29, 1.82) is 0 Å². The lowest BCUT2D eigenvalue weighted by Crippen LogP contribution is -2.34. The van der Waals surface area contributed by atoms with Crippen molar-refractivity contribution in [3.63, 3.8) is 0 Å². The van der Waals surface area contributed by atoms with Crippen molar-refractivity contribution in [2.24, 2.45) is 11.8 Å². The fraction of sp³-hybridized carbons (Fsp3) is 0.600. The van der Waals surface area contributed by atoms with Crippen molar-refractivity contribution in [2.45, 2.75) is 17.7 Å². The third-order valence-corrected chi connectivity index (χ3v) is 5.38. The van der Waals surface area contributed by atoms with Gasteiger partial charge in [-0.05, 0) is 49.9 Å². The third-order valence-electron chi connectivity index (χ3n) is 4.38. The van der Waals surface area contributed by atoms with Gasteiger partial charge in [0.05, 0.1) is 5.75 Å². The van der Waals surface area contributed by atoms with Crippen LogP contribution in [0.1, 0.15) is 12.8 Å². The molecule has 0 radical (unpaired) electrons. The molecule has 2 saturated heterocycles. The van der Waals surface area contributed by atoms with Crippen LogP contribution in [0.5, 0.6) is 0 Å². The summed E-state index contributed by atoms with van der Waals surface area (Å²) in [6, 6.07) is 3.91. The molecular weight excluding hydrogens is 270 g/mol. The van der Waals surface area contributed by atoms with E-state index in [0.717, 1.165) is 55.8 Å². The van der Waals surface area contributed by atoms with E-state index in [1.54, 1.807) is 24.2 Å². The second-order valence-corrected chi connectivity index (χ2v) is 6.66. The highest BCUT2D eigenvalue weighted by atomic mass is 32.2. The van der Waals surface area contributed by atoms with E-state index in [1.807, 2.05) is 12.1 Å². The van der Waals surface area contributed by atoms with Gasteiger partial charge >= 0.3 is 0 Å². The predicted molar refractivity (Wildman–Crippen MR) is 80.6 cm³/mol. The van der Waals surface area contributed by atoms with Gasteiger partial charge in [-0.25, -0.2) is 0 Å². The van der Waals surface area contributed by atoms with Crippen LogP contribution in [0.3, 0.4) is 0 Å². The van der Waals surface area contributed by atoms with Crippen LogP contribution in [-0.4, -0.2) is 47.7 Å². The second-order valence-electron chi connectivity index (χ2n) is 5.61. The van der Waals surface area contributed by atoms with Crippen molar-refractivity contribution in [1.82, 2.24) is 15.2 Å². The first-order valence-corrected chi connectivity index (χ1v) is 8.33. The minimum Gasteiger partial charge on any atom is -0.342 e. The zero-order valence-corrected chi connectivity index (χ0v) is 12.4. The lowest BCUT2D eigenvalue weighted by molar-refractivity contribution is -0.128. The van der Waals surface area contributed by atoms with Crippen LogP contribution in [-0.2, 0) is 4.79 Å². The van der Waals surface area contributed by atoms with Crippen LogP contribution >= 0.6 is 11.8 Å². The number of hydrogen-bond donors (Lipinski definition) is 1. The van der Waals surface area contributed by atoms with Gasteiger partial charge in [0.25, 0.3) is 0 Å². The number of carbonyl (C=O) groups excluding carboxylic acids is 1. The van der Waals surface area contributed by atoms with E-state index in [4.69, 9.17) is 0 Å². The summed E-state index contributed by atoms with van der Waals surface area (Å²) in [5.41, 5.74) is 0. The molecule has 2 aliphatic heterocycles. The van der Waals surface area contributed by atoms with Gasteiger partial charge in [-0.1, -0.05) is 0 Å². The lowest BCUT2D eigenvalue weighted by Gasteiger charge is -2.20. The van der Waals surface area contributed by atoms with Crippen LogP contribution < -0.4 is 5.32 Å². The molecule has 1 aromatic heterocycles. The van der Waals surface area contributed by atoms with Crippen molar-refractivity contribution in [3.05, 3.63) is 24.5 Å². The van der Waals surface area contributed by atoms with Gasteiger partial charge in [0.15, 0.2) is 0 Å². The molecular formula is C15H21N3OS. The molecule has 0 aromatic carbocycles. The average Bonchev–Trinajstić information content (AvgIpc) is 2.84. The van der Waals surface area contributed by atoms with Crippen molar-refractivity contribution in [3.8, 4) is 0 Å². The Morgan fingerprint density at radius 3 is 2.55 bits per heavy atom. The molecule has 0 aliphatic carbocycles. The molecule has 0 spiro atoms. The van der Waals surface area contributed by atoms with Crippen molar-refractivity contribution >= 4 is 17.7 Å². The van der Waals surface area contributed by atoms with E-state index >= 15 is 0 Å². The number of carbonyl (C=O) groups is 1. The number of thioether (sulfide) groups is 1. The van der Waals surface area contributed by atoms with Gasteiger partial charge < -0.3 is 10.2 Å². The smallest absolute Gasteiger partial charge is 0.232 e. The largest absolute Gasteiger partial charge is 0.342 e. The summed E-state index contributed by atoms with van der Waals surface area (Å²) < 4.78 is 0. The highest BCUT2D eigenvalue weighted by Crippen LogP contribution is 2.27. The Kier molecular flexibility index (Phi) is 4.58. The van der Waals surface area contributed by atoms with Gasteiger partial charge in [-0.2, -0.15) is 0 Å². The van der Waals surface area contributed by atoms with Crippen LogP contribution in [0.4, 0.5) is 0 Å². The highest BCUT2D eigenvalue weighted by Gasteiger charge is 2.31. The molecule has 20 heavy (non-hydrogen) atoms. The van der Waals surface area contributed by atoms with Crippen LogP contribution in [0.25, 0.3) is 0 Å². The summed E-state index contributed by atoms with van der Waals surface area (Å²) in [4.78, 5) is 19.5. The Morgan fingerprint density at radius 2 is 1.90 bits per heavy atom. The minimum absolute atomic E-state index is 0.278. The van der Waals surface area contributed by atoms with Crippen molar-refractivity contribution in [2.75, 3.05) is 31.9 Å². The molecule has 1 amide bonds. The second kappa shape index (κ2) is 6.59. The summed E-state index contributed by atoms with van der Waals surface area (Å²) in [5, 5.41) is 3.47. The number of amides is 1. The van der Waals surface area contributed by atoms with Gasteiger partial charge in [-0.3, -0.25) is 9.78 Å². The molecule has 3 heterocycles. The van der Waals surface area contributed by atoms with Gasteiger partial charge in [0.2, 0.25) is 5.91 Å². The van der Waals surface area contributed by atoms with Gasteiger partial charge in [0, 0.05) is 30.4 Å². The Hall–Kier alpha value is -1.07. The first-order valence-electron chi connectivity index (χ1n) is 7.34. The molecule has 3 rings (SSSR count). The normalized spacial score (nSPS) is 26.1. The number of nitrogens with one attached hydrogen (secondary N) is 1. The number of aromatic nitrogens is 1. The predicted octanol–water partition coefficient (Wildman–Crippen LogP) is 1.63. The van der Waals surface area contributed by atoms with Gasteiger partial charge in [0.1, 0.15) is 0 Å². The van der Waals surface area contributed by atoms with E-state index in [-0.39, 0.29) is 5.91 Å². The number of hydrogen-bond acceptors (Lipinski definition) is 4. The number of pyridine rings is 1. The lowest BCUT2D eigenvalue weighted by atomic mass is 9.92. The summed E-state index contributed by atoms with van der Waals surface area (Å²) >= 11 is 1.61. The van der Waals surface area contributed by atoms with Crippen LogP contribution in [0.2, 0.25) is 0 Å². The third kappa shape index (κ3) is 3.33. The van der Waals surface area contributed by atoms with E-state index in [9.17, 15) is 4.79 Å². The first kappa shape index (κ1) is 13.9. The fourth-order valence-corrected chi connectivity index (χ4v) is 3.93. The summed E-state index contributed by atoms with van der Waals surface area (Å²) in [5.74, 6) is 2.37. The maximum Gasteiger partial charge on any atom is 0.232 e. The number of fused-ring (bicyclic) bond motifs is 1. The Morgan fingerprint density at radius 1 is 1.25 bits per heavy atom. The fourth-order valence-electron chi connectivity index (χ4n) is 3.14. The average molecular weight is 291 g/mol. The Balaban J connectivity index is 1.50. The summed E-state index contributed by atoms with van der Waals surface area (Å²) in [6.07, 6.45) is 5.85. The van der Waals surface area contributed by atoms with Crippen molar-refractivity contribution < 1.29 is 4.79 Å². The number of nitrogens with zero attached hydrogens (tertiary/aromatic N) is 2. The van der Waals surface area contributed by atoms with E-state index < -0.39 is 0 Å². The maximum absolute atomic E-state index is 12.3. The molecule has 1 N–H and O–H groups in total. The SMILES string of the molecule is O=C(CSc1ccncc1)N1CC[C@@H]2CNC[C@@H]2CC1. The number of rotatable bonds is 3. The number of likely N-dealkylation sites (tertiary alicyclic amines) is 1. The topological polar surface area (TPSA) is 45.2 Å². The molecule has 0 saturated carbocycles. The molecule has 108 valence electrons. The molecule has 0 unspecified atom stereocenters. The Labute approximate surface area is 124 Å². The monoisotopic (exact) mass is 291 g/mol. The zero-order valence-electron chi connectivity index (χ0n) is 11.6. The Bertz CT molecular complexity index is 440. The summed E-state index contributed by atoms with van der Waals surface area (Å²) in [7, 11) is 0. The van der Waals surface area contributed by atoms with Gasteiger partial charge in [-0.15, -0.1) is 11.8 Å².